The smallest absolute Gasteiger partial charge is 0.342 e. The van der Waals surface area contributed by atoms with Gasteiger partial charge in [-0.3, -0.25) is 19.4 Å². The van der Waals surface area contributed by atoms with Gasteiger partial charge in [0, 0.05) is 25.2 Å². The number of benzene rings is 1. The first kappa shape index (κ1) is 21.8. The van der Waals surface area contributed by atoms with Crippen molar-refractivity contribution in [1.29, 1.82) is 0 Å². The summed E-state index contributed by atoms with van der Waals surface area (Å²) in [5.41, 5.74) is -1.58. The van der Waals surface area contributed by atoms with Crippen molar-refractivity contribution in [2.75, 3.05) is 28.6 Å². The third-order valence-corrected chi connectivity index (χ3v) is 5.80. The van der Waals surface area contributed by atoms with Crippen LogP contribution in [0.2, 0.25) is 0 Å². The minimum atomic E-state index is -4.57. The maximum atomic E-state index is 13.0. The minimum Gasteiger partial charge on any atom is -0.342 e. The number of piperidine rings is 1. The fraction of sp³-hybridized carbons (Fsp3) is 0.429. The van der Waals surface area contributed by atoms with Gasteiger partial charge in [0.2, 0.25) is 17.8 Å². The molecule has 11 heteroatoms. The van der Waals surface area contributed by atoms with Gasteiger partial charge in [-0.1, -0.05) is 13.0 Å². The van der Waals surface area contributed by atoms with E-state index in [2.05, 4.69) is 27.5 Å². The normalized spacial score (nSPS) is 19.3. The summed E-state index contributed by atoms with van der Waals surface area (Å²) in [5.74, 6) is -1.55. The predicted octanol–water partition coefficient (Wildman–Crippen LogP) is 3.09. The molecule has 3 heterocycles. The number of aromatic nitrogens is 2. The summed E-state index contributed by atoms with van der Waals surface area (Å²) in [7, 11) is 0. The van der Waals surface area contributed by atoms with Crippen LogP contribution < -0.4 is 21.1 Å². The molecule has 32 heavy (non-hydrogen) atoms. The van der Waals surface area contributed by atoms with Gasteiger partial charge in [0.05, 0.1) is 17.0 Å². The number of fused-ring (bicyclic) bond motifs is 1. The summed E-state index contributed by atoms with van der Waals surface area (Å²) >= 11 is 0. The number of nitrogens with zero attached hydrogens (tertiary/aromatic N) is 2. The molecule has 2 aliphatic rings. The van der Waals surface area contributed by atoms with E-state index < -0.39 is 35.0 Å². The molecule has 1 saturated heterocycles. The van der Waals surface area contributed by atoms with Gasteiger partial charge in [-0.15, -0.1) is 0 Å². The lowest BCUT2D eigenvalue weighted by atomic mass is 9.92. The number of halogens is 3. The van der Waals surface area contributed by atoms with E-state index in [1.165, 1.54) is 12.1 Å². The highest BCUT2D eigenvalue weighted by Gasteiger charge is 2.36. The fourth-order valence-corrected chi connectivity index (χ4v) is 3.96. The Balaban J connectivity index is 1.61. The number of hydrogen-bond donors (Lipinski definition) is 3. The molecule has 2 aromatic rings. The summed E-state index contributed by atoms with van der Waals surface area (Å²) in [5, 5.41) is 4.93. The van der Waals surface area contributed by atoms with Crippen molar-refractivity contribution in [3.05, 3.63) is 45.7 Å². The van der Waals surface area contributed by atoms with Crippen LogP contribution in [0.25, 0.3) is 0 Å². The zero-order valence-electron chi connectivity index (χ0n) is 17.3. The Morgan fingerprint density at radius 1 is 1.22 bits per heavy atom. The van der Waals surface area contributed by atoms with Crippen LogP contribution in [-0.4, -0.2) is 34.9 Å². The van der Waals surface area contributed by atoms with Gasteiger partial charge >= 0.3 is 6.18 Å². The van der Waals surface area contributed by atoms with E-state index in [4.69, 9.17) is 0 Å². The van der Waals surface area contributed by atoms with Gasteiger partial charge in [-0.2, -0.15) is 18.2 Å². The van der Waals surface area contributed by atoms with Crippen LogP contribution in [0.15, 0.2) is 29.1 Å². The van der Waals surface area contributed by atoms with Crippen molar-refractivity contribution < 1.29 is 22.8 Å². The molecule has 1 aromatic heterocycles. The van der Waals surface area contributed by atoms with Gasteiger partial charge in [-0.05, 0) is 37.0 Å². The van der Waals surface area contributed by atoms with E-state index in [1.807, 2.05) is 4.90 Å². The lowest BCUT2D eigenvalue weighted by molar-refractivity contribution is -0.137. The van der Waals surface area contributed by atoms with E-state index in [9.17, 15) is 27.6 Å². The fourth-order valence-electron chi connectivity index (χ4n) is 3.96. The molecule has 2 amide bonds. The quantitative estimate of drug-likeness (QED) is 0.668. The summed E-state index contributed by atoms with van der Waals surface area (Å²) < 4.78 is 38.9. The maximum Gasteiger partial charge on any atom is 0.416 e. The number of carbonyl (C=O) groups is 2. The van der Waals surface area contributed by atoms with E-state index in [0.717, 1.165) is 25.0 Å². The Labute approximate surface area is 181 Å². The van der Waals surface area contributed by atoms with E-state index >= 15 is 0 Å². The number of amides is 2. The molecule has 1 atom stereocenters. The van der Waals surface area contributed by atoms with Crippen LogP contribution in [0.4, 0.5) is 30.6 Å². The molecule has 0 spiro atoms. The van der Waals surface area contributed by atoms with Crippen molar-refractivity contribution >= 4 is 29.3 Å². The monoisotopic (exact) mass is 449 g/mol. The summed E-state index contributed by atoms with van der Waals surface area (Å²) in [4.78, 5) is 46.9. The number of anilines is 3. The molecule has 4 rings (SSSR count). The largest absolute Gasteiger partial charge is 0.416 e. The lowest BCUT2D eigenvalue weighted by Crippen LogP contribution is -2.39. The van der Waals surface area contributed by atoms with Crippen LogP contribution in [0, 0.1) is 5.92 Å². The van der Waals surface area contributed by atoms with Crippen molar-refractivity contribution in [2.45, 2.75) is 38.3 Å². The van der Waals surface area contributed by atoms with Crippen molar-refractivity contribution in [1.82, 2.24) is 9.97 Å². The third-order valence-electron chi connectivity index (χ3n) is 5.80. The predicted molar refractivity (Wildman–Crippen MR) is 112 cm³/mol. The number of carbonyl (C=O) groups excluding carboxylic acids is 2. The second kappa shape index (κ2) is 8.29. The lowest BCUT2D eigenvalue weighted by Gasteiger charge is -2.31. The second-order valence-electron chi connectivity index (χ2n) is 8.19. The zero-order chi connectivity index (χ0) is 23.0. The molecular formula is C21H22F3N5O3. The van der Waals surface area contributed by atoms with Crippen molar-refractivity contribution in [3.8, 4) is 0 Å². The average Bonchev–Trinajstić information content (AvgIpc) is 2.73. The average molecular weight is 449 g/mol. The first-order chi connectivity index (χ1) is 15.1. The Morgan fingerprint density at radius 2 is 1.94 bits per heavy atom. The van der Waals surface area contributed by atoms with Crippen LogP contribution in [0.5, 0.6) is 0 Å². The standard InChI is InChI=1S/C21H22F3N5O3/c1-11-5-7-29(8-6-11)20-27-17-16(19(32)28-20)14(10-15(30)26-17)18(31)25-13-4-2-3-12(9-13)21(22,23)24/h2-4,9,11,14H,5-8,10H2,1H3,(H,25,31)(H2,26,27,28,30,32). The number of aromatic amines is 1. The number of hydrogen-bond acceptors (Lipinski definition) is 5. The van der Waals surface area contributed by atoms with E-state index in [1.54, 1.807) is 0 Å². The van der Waals surface area contributed by atoms with Gasteiger partial charge in [-0.25, -0.2) is 0 Å². The van der Waals surface area contributed by atoms with Gasteiger partial charge in [0.1, 0.15) is 5.82 Å². The topological polar surface area (TPSA) is 107 Å². The molecule has 0 saturated carbocycles. The molecule has 1 aromatic carbocycles. The highest BCUT2D eigenvalue weighted by Crippen LogP contribution is 2.33. The Hall–Kier alpha value is -3.37. The molecule has 1 fully saturated rings. The highest BCUT2D eigenvalue weighted by molar-refractivity contribution is 6.04. The highest BCUT2D eigenvalue weighted by atomic mass is 19.4. The molecule has 2 aliphatic heterocycles. The van der Waals surface area contributed by atoms with Crippen LogP contribution in [0.3, 0.4) is 0 Å². The zero-order valence-corrected chi connectivity index (χ0v) is 17.3. The summed E-state index contributed by atoms with van der Waals surface area (Å²) in [6.07, 6.45) is -3.00. The van der Waals surface area contributed by atoms with Crippen LogP contribution in [0.1, 0.15) is 43.2 Å². The number of nitrogens with one attached hydrogen (secondary N) is 3. The Kier molecular flexibility index (Phi) is 5.66. The summed E-state index contributed by atoms with van der Waals surface area (Å²) in [6, 6.07) is 4.15. The van der Waals surface area contributed by atoms with Gasteiger partial charge < -0.3 is 15.5 Å². The number of H-pyrrole nitrogens is 1. The first-order valence-electron chi connectivity index (χ1n) is 10.3. The molecule has 0 radical (unpaired) electrons. The Bertz CT molecular complexity index is 1110. The molecular weight excluding hydrogens is 427 g/mol. The third kappa shape index (κ3) is 4.46. The van der Waals surface area contributed by atoms with E-state index in [-0.39, 0.29) is 23.5 Å². The SMILES string of the molecule is CC1CCN(c2nc3c(c(=O)[nH]2)C(C(=O)Nc2cccc(C(F)(F)F)c2)CC(=O)N3)CC1. The van der Waals surface area contributed by atoms with Crippen molar-refractivity contribution in [3.63, 3.8) is 0 Å². The van der Waals surface area contributed by atoms with Crippen molar-refractivity contribution in [2.24, 2.45) is 5.92 Å². The number of rotatable bonds is 3. The molecule has 3 N–H and O–H groups in total. The number of alkyl halides is 3. The summed E-state index contributed by atoms with van der Waals surface area (Å²) in [6.45, 7) is 3.56. The Morgan fingerprint density at radius 3 is 2.62 bits per heavy atom. The molecule has 8 nitrogen and oxygen atoms in total. The van der Waals surface area contributed by atoms with Gasteiger partial charge in [0.25, 0.3) is 5.56 Å². The molecule has 1 unspecified atom stereocenters. The molecule has 0 aliphatic carbocycles. The first-order valence-corrected chi connectivity index (χ1v) is 10.3. The van der Waals surface area contributed by atoms with Crippen LogP contribution in [-0.2, 0) is 15.8 Å². The van der Waals surface area contributed by atoms with Crippen LogP contribution >= 0.6 is 0 Å². The minimum absolute atomic E-state index is 0.00261. The second-order valence-corrected chi connectivity index (χ2v) is 8.19. The molecule has 170 valence electrons. The van der Waals surface area contributed by atoms with E-state index in [0.29, 0.717) is 25.0 Å². The maximum absolute atomic E-state index is 13.0. The molecule has 0 bridgehead atoms. The van der Waals surface area contributed by atoms with Gasteiger partial charge in [0.15, 0.2) is 0 Å².